The van der Waals surface area contributed by atoms with Gasteiger partial charge in [-0.1, -0.05) is 93.5 Å². The topological polar surface area (TPSA) is 20.2 Å². The minimum absolute atomic E-state index is 0.0611. The Bertz CT molecular complexity index is 1120. The first-order chi connectivity index (χ1) is 17.1. The molecule has 2 aromatic rings. The average molecular weight is 545 g/mol. The van der Waals surface area contributed by atoms with E-state index in [0.29, 0.717) is 24.0 Å². The molecule has 0 aliphatic carbocycles. The zero-order chi connectivity index (χ0) is 29.6. The number of benzene rings is 2. The van der Waals surface area contributed by atoms with E-state index in [1.54, 1.807) is 54.5 Å². The molecule has 0 bridgehead atoms. The summed E-state index contributed by atoms with van der Waals surface area (Å²) in [6.07, 6.45) is -10.5. The predicted octanol–water partition coefficient (Wildman–Crippen LogP) is 10.4. The lowest BCUT2D eigenvalue weighted by atomic mass is 9.67. The fraction of sp³-hybridized carbons (Fsp3) is 0.613. The molecule has 38 heavy (non-hydrogen) atoms. The Morgan fingerprint density at radius 2 is 1.08 bits per heavy atom. The van der Waals surface area contributed by atoms with E-state index in [1.165, 1.54) is 0 Å². The molecule has 1 N–H and O–H groups in total. The van der Waals surface area contributed by atoms with Gasteiger partial charge in [0.2, 0.25) is 5.41 Å². The molecule has 0 aliphatic heterocycles. The van der Waals surface area contributed by atoms with E-state index in [-0.39, 0.29) is 22.8 Å². The Balaban J connectivity index is 3.28. The summed E-state index contributed by atoms with van der Waals surface area (Å²) >= 11 is 0. The molecule has 214 valence electrons. The third kappa shape index (κ3) is 5.44. The van der Waals surface area contributed by atoms with Crippen LogP contribution in [0.15, 0.2) is 30.3 Å². The maximum atomic E-state index is 15.2. The van der Waals surface area contributed by atoms with Crippen molar-refractivity contribution in [3.05, 3.63) is 63.7 Å². The van der Waals surface area contributed by atoms with Crippen molar-refractivity contribution in [1.29, 1.82) is 0 Å². The average Bonchev–Trinajstić information content (AvgIpc) is 2.77. The van der Waals surface area contributed by atoms with Gasteiger partial charge in [-0.25, -0.2) is 0 Å². The first-order valence-electron chi connectivity index (χ1n) is 13.3. The van der Waals surface area contributed by atoms with E-state index in [1.807, 2.05) is 20.8 Å². The zero-order valence-electron chi connectivity index (χ0n) is 24.2. The van der Waals surface area contributed by atoms with Gasteiger partial charge in [-0.3, -0.25) is 0 Å². The van der Waals surface area contributed by atoms with Gasteiger partial charge in [0.25, 0.3) is 0 Å². The highest BCUT2D eigenvalue weighted by Gasteiger charge is 2.73. The molecule has 0 spiro atoms. The normalized spacial score (nSPS) is 14.1. The first-order valence-corrected chi connectivity index (χ1v) is 13.3. The molecular formula is C31H42F6O. The largest absolute Gasteiger partial charge is 0.507 e. The SMILES string of the molecule is CCC(C)(C)c1cc(C(C)C)cc(C(c2cc(C(C)C)c(O)c(C(C)(C)CC)c2)(C(F)(F)F)C(F)(F)F)c1. The van der Waals surface area contributed by atoms with E-state index in [2.05, 4.69) is 0 Å². The number of halogens is 6. The van der Waals surface area contributed by atoms with Crippen molar-refractivity contribution in [2.45, 2.75) is 123 Å². The maximum absolute atomic E-state index is 15.2. The Hall–Kier alpha value is -2.18. The summed E-state index contributed by atoms with van der Waals surface area (Å²) in [4.78, 5) is 0. The highest BCUT2D eigenvalue weighted by molar-refractivity contribution is 5.56. The Kier molecular flexibility index (Phi) is 8.79. The second-order valence-electron chi connectivity index (χ2n) is 12.3. The summed E-state index contributed by atoms with van der Waals surface area (Å²) in [7, 11) is 0. The second kappa shape index (κ2) is 10.4. The molecule has 2 rings (SSSR count). The minimum Gasteiger partial charge on any atom is -0.507 e. The third-order valence-corrected chi connectivity index (χ3v) is 8.38. The van der Waals surface area contributed by atoms with Gasteiger partial charge in [-0.05, 0) is 69.4 Å². The quantitative estimate of drug-likeness (QED) is 0.328. The third-order valence-electron chi connectivity index (χ3n) is 8.38. The smallest absolute Gasteiger partial charge is 0.411 e. The number of hydrogen-bond acceptors (Lipinski definition) is 1. The lowest BCUT2D eigenvalue weighted by Gasteiger charge is -2.41. The van der Waals surface area contributed by atoms with Crippen LogP contribution in [0.25, 0.3) is 0 Å². The number of aromatic hydroxyl groups is 1. The maximum Gasteiger partial charge on any atom is 0.411 e. The fourth-order valence-electron chi connectivity index (χ4n) is 4.80. The summed E-state index contributed by atoms with van der Waals surface area (Å²) < 4.78 is 91.5. The van der Waals surface area contributed by atoms with E-state index >= 15 is 26.3 Å². The van der Waals surface area contributed by atoms with Crippen LogP contribution in [-0.4, -0.2) is 17.5 Å². The van der Waals surface area contributed by atoms with Crippen molar-refractivity contribution in [3.8, 4) is 5.75 Å². The molecule has 2 aromatic carbocycles. The molecule has 0 fully saturated rings. The highest BCUT2D eigenvalue weighted by atomic mass is 19.4. The van der Waals surface area contributed by atoms with E-state index in [4.69, 9.17) is 0 Å². The fourth-order valence-corrected chi connectivity index (χ4v) is 4.80. The van der Waals surface area contributed by atoms with Crippen LogP contribution < -0.4 is 0 Å². The van der Waals surface area contributed by atoms with Gasteiger partial charge < -0.3 is 5.11 Å². The van der Waals surface area contributed by atoms with E-state index in [0.717, 1.165) is 24.3 Å². The molecule has 0 aliphatic rings. The van der Waals surface area contributed by atoms with Crippen LogP contribution in [0.4, 0.5) is 26.3 Å². The van der Waals surface area contributed by atoms with Gasteiger partial charge in [-0.15, -0.1) is 0 Å². The van der Waals surface area contributed by atoms with Crippen LogP contribution in [0.1, 0.15) is 127 Å². The molecule has 0 unspecified atom stereocenters. The van der Waals surface area contributed by atoms with Gasteiger partial charge >= 0.3 is 12.4 Å². The van der Waals surface area contributed by atoms with Crippen molar-refractivity contribution in [2.75, 3.05) is 0 Å². The van der Waals surface area contributed by atoms with E-state index in [9.17, 15) is 5.11 Å². The van der Waals surface area contributed by atoms with Crippen LogP contribution in [-0.2, 0) is 16.2 Å². The van der Waals surface area contributed by atoms with Gasteiger partial charge in [0.1, 0.15) is 5.75 Å². The number of rotatable bonds is 8. The molecule has 0 saturated carbocycles. The number of phenolic OH excluding ortho intramolecular Hbond substituents is 1. The Morgan fingerprint density at radius 3 is 1.47 bits per heavy atom. The summed E-state index contributed by atoms with van der Waals surface area (Å²) in [5.74, 6) is -1.05. The first kappa shape index (κ1) is 32.0. The lowest BCUT2D eigenvalue weighted by molar-refractivity contribution is -0.288. The number of hydrogen-bond donors (Lipinski definition) is 1. The molecule has 0 saturated heterocycles. The van der Waals surface area contributed by atoms with Crippen LogP contribution >= 0.6 is 0 Å². The standard InChI is InChI=1S/C31H42F6O/c1-11-27(7,8)21-13-20(18(3)4)14-22(15-21)29(30(32,33)34,31(35,36)37)23-16-24(19(5)6)26(38)25(17-23)28(9,10)12-2/h13-19,38H,11-12H2,1-10H3. The molecule has 0 atom stereocenters. The molecule has 7 heteroatoms. The van der Waals surface area contributed by atoms with Crippen molar-refractivity contribution in [1.82, 2.24) is 0 Å². The summed E-state index contributed by atoms with van der Waals surface area (Å²) in [5.41, 5.74) is -6.58. The summed E-state index contributed by atoms with van der Waals surface area (Å²) in [6, 6.07) is 5.70. The number of phenols is 1. The van der Waals surface area contributed by atoms with Gasteiger partial charge in [0.05, 0.1) is 0 Å². The van der Waals surface area contributed by atoms with Crippen LogP contribution in [0, 0.1) is 0 Å². The zero-order valence-corrected chi connectivity index (χ0v) is 24.2. The number of alkyl halides is 6. The monoisotopic (exact) mass is 544 g/mol. The molecule has 0 amide bonds. The van der Waals surface area contributed by atoms with E-state index < -0.39 is 45.6 Å². The van der Waals surface area contributed by atoms with Crippen LogP contribution in [0.5, 0.6) is 5.75 Å². The molecular weight excluding hydrogens is 502 g/mol. The van der Waals surface area contributed by atoms with Crippen molar-refractivity contribution < 1.29 is 31.4 Å². The predicted molar refractivity (Wildman–Crippen MR) is 142 cm³/mol. The molecule has 1 nitrogen and oxygen atoms in total. The summed E-state index contributed by atoms with van der Waals surface area (Å²) in [6.45, 7) is 17.5. The van der Waals surface area contributed by atoms with Crippen LogP contribution in [0.3, 0.4) is 0 Å². The van der Waals surface area contributed by atoms with Gasteiger partial charge in [0, 0.05) is 5.56 Å². The lowest BCUT2D eigenvalue weighted by Crippen LogP contribution is -2.55. The van der Waals surface area contributed by atoms with Crippen molar-refractivity contribution in [3.63, 3.8) is 0 Å². The molecule has 0 heterocycles. The van der Waals surface area contributed by atoms with Gasteiger partial charge in [-0.2, -0.15) is 26.3 Å². The van der Waals surface area contributed by atoms with Crippen molar-refractivity contribution >= 4 is 0 Å². The van der Waals surface area contributed by atoms with Gasteiger partial charge in [0.15, 0.2) is 0 Å². The van der Waals surface area contributed by atoms with Crippen LogP contribution in [0.2, 0.25) is 0 Å². The Labute approximate surface area is 223 Å². The Morgan fingerprint density at radius 1 is 0.632 bits per heavy atom. The molecule has 0 aromatic heterocycles. The highest BCUT2D eigenvalue weighted by Crippen LogP contribution is 2.58. The minimum atomic E-state index is -5.71. The summed E-state index contributed by atoms with van der Waals surface area (Å²) in [5, 5.41) is 11.0. The van der Waals surface area contributed by atoms with Crippen molar-refractivity contribution in [2.24, 2.45) is 0 Å². The molecule has 0 radical (unpaired) electrons. The second-order valence-corrected chi connectivity index (χ2v) is 12.3.